The zero-order chi connectivity index (χ0) is 15.3. The maximum absolute atomic E-state index is 13.3. The van der Waals surface area contributed by atoms with Gasteiger partial charge < -0.3 is 10.6 Å². The molecule has 0 spiro atoms. The molecule has 0 aliphatic carbocycles. The molecule has 0 aliphatic rings. The first-order valence-corrected chi connectivity index (χ1v) is 6.19. The van der Waals surface area contributed by atoms with Crippen molar-refractivity contribution in [3.8, 4) is 0 Å². The quantitative estimate of drug-likeness (QED) is 0.491. The Morgan fingerprint density at radius 1 is 1.05 bits per heavy atom. The molecule has 2 amide bonds. The van der Waals surface area contributed by atoms with E-state index in [1.165, 1.54) is 0 Å². The van der Waals surface area contributed by atoms with E-state index in [9.17, 15) is 22.8 Å². The summed E-state index contributed by atoms with van der Waals surface area (Å²) in [6, 6.07) is 1.45. The van der Waals surface area contributed by atoms with Crippen LogP contribution in [0.3, 0.4) is 0 Å². The summed E-state index contributed by atoms with van der Waals surface area (Å²) in [5, 5.41) is 4.49. The number of halogens is 5. The molecular weight excluding hydrogens is 320 g/mol. The molecule has 2 N–H and O–H groups in total. The number of alkyl halides is 2. The number of nitrogens with one attached hydrogen (secondary N) is 2. The van der Waals surface area contributed by atoms with Crippen LogP contribution in [0.5, 0.6) is 0 Å². The van der Waals surface area contributed by atoms with Gasteiger partial charge >= 0.3 is 0 Å². The predicted octanol–water partition coefficient (Wildman–Crippen LogP) is 1.75. The Morgan fingerprint density at radius 2 is 1.65 bits per heavy atom. The van der Waals surface area contributed by atoms with Gasteiger partial charge in [-0.15, -0.1) is 0 Å². The van der Waals surface area contributed by atoms with Gasteiger partial charge in [0.1, 0.15) is 0 Å². The van der Waals surface area contributed by atoms with Crippen LogP contribution in [0.2, 0.25) is 0 Å². The number of carbonyl (C=O) groups excluding carboxylic acids is 2. The van der Waals surface area contributed by atoms with Crippen LogP contribution in [-0.4, -0.2) is 29.7 Å². The van der Waals surface area contributed by atoms with E-state index in [0.29, 0.717) is 6.07 Å². The van der Waals surface area contributed by atoms with E-state index in [1.807, 2.05) is 0 Å². The summed E-state index contributed by atoms with van der Waals surface area (Å²) in [6.45, 7) is -0.0741. The highest BCUT2D eigenvalue weighted by molar-refractivity contribution is 6.53. The average molecular weight is 329 g/mol. The Balaban J connectivity index is 2.52. The Morgan fingerprint density at radius 3 is 2.25 bits per heavy atom. The fourth-order valence-electron chi connectivity index (χ4n) is 1.24. The van der Waals surface area contributed by atoms with Gasteiger partial charge in [-0.2, -0.15) is 0 Å². The second-order valence-corrected chi connectivity index (χ2v) is 4.67. The van der Waals surface area contributed by atoms with Crippen LogP contribution in [0, 0.1) is 17.5 Å². The maximum Gasteiger partial charge on any atom is 0.254 e. The molecule has 0 saturated heterocycles. The van der Waals surface area contributed by atoms with Gasteiger partial charge in [-0.05, 0) is 12.1 Å². The number of amides is 2. The Bertz CT molecular complexity index is 527. The molecule has 0 saturated carbocycles. The van der Waals surface area contributed by atoms with E-state index in [2.05, 4.69) is 10.6 Å². The first-order chi connectivity index (χ1) is 9.34. The third-order valence-corrected chi connectivity index (χ3v) is 2.58. The molecule has 1 aromatic carbocycles. The monoisotopic (exact) mass is 328 g/mol. The minimum atomic E-state index is -1.72. The van der Waals surface area contributed by atoms with Crippen molar-refractivity contribution in [3.05, 3.63) is 35.1 Å². The molecule has 0 radical (unpaired) electrons. The predicted molar refractivity (Wildman–Crippen MR) is 67.2 cm³/mol. The van der Waals surface area contributed by atoms with Gasteiger partial charge in [-0.25, -0.2) is 13.2 Å². The smallest absolute Gasteiger partial charge is 0.254 e. The number of carbonyl (C=O) groups is 2. The number of hydrogen-bond acceptors (Lipinski definition) is 2. The molecule has 0 aromatic heterocycles. The largest absolute Gasteiger partial charge is 0.352 e. The Hall–Kier alpha value is -1.47. The normalized spacial score (nSPS) is 10.5. The summed E-state index contributed by atoms with van der Waals surface area (Å²) < 4.78 is 38.9. The van der Waals surface area contributed by atoms with E-state index in [4.69, 9.17) is 23.2 Å². The van der Waals surface area contributed by atoms with Crippen molar-refractivity contribution in [2.75, 3.05) is 13.1 Å². The van der Waals surface area contributed by atoms with Crippen molar-refractivity contribution in [2.45, 2.75) is 4.84 Å². The van der Waals surface area contributed by atoms with Gasteiger partial charge in [0.15, 0.2) is 22.3 Å². The minimum absolute atomic E-state index is 0.00813. The standard InChI is InChI=1S/C11H9Cl2F3N2O2/c12-9(13)11(20)18-4-3-17-10(19)5-1-2-6(14)8(16)7(5)15/h1-2,9H,3-4H2,(H,17,19)(H,18,20). The molecule has 4 nitrogen and oxygen atoms in total. The van der Waals surface area contributed by atoms with Crippen LogP contribution in [0.25, 0.3) is 0 Å². The zero-order valence-electron chi connectivity index (χ0n) is 9.85. The van der Waals surface area contributed by atoms with Crippen molar-refractivity contribution >= 4 is 35.0 Å². The van der Waals surface area contributed by atoms with Gasteiger partial charge in [0.2, 0.25) is 0 Å². The fourth-order valence-corrected chi connectivity index (χ4v) is 1.39. The lowest BCUT2D eigenvalue weighted by molar-refractivity contribution is -0.119. The highest BCUT2D eigenvalue weighted by atomic mass is 35.5. The molecule has 0 unspecified atom stereocenters. The SMILES string of the molecule is O=C(NCCNC(=O)C(Cl)Cl)c1ccc(F)c(F)c1F. The molecule has 9 heteroatoms. The van der Waals surface area contributed by atoms with Gasteiger partial charge in [-0.1, -0.05) is 23.2 Å². The zero-order valence-corrected chi connectivity index (χ0v) is 11.4. The second-order valence-electron chi connectivity index (χ2n) is 3.57. The highest BCUT2D eigenvalue weighted by Crippen LogP contribution is 2.14. The van der Waals surface area contributed by atoms with Crippen molar-refractivity contribution in [2.24, 2.45) is 0 Å². The van der Waals surface area contributed by atoms with Crippen LogP contribution in [0.15, 0.2) is 12.1 Å². The Kier molecular flexibility index (Phi) is 6.09. The van der Waals surface area contributed by atoms with Crippen molar-refractivity contribution in [1.29, 1.82) is 0 Å². The Labute approximate surface area is 122 Å². The first-order valence-electron chi connectivity index (χ1n) is 5.32. The van der Waals surface area contributed by atoms with Gasteiger partial charge in [0.05, 0.1) is 5.56 Å². The molecular formula is C11H9Cl2F3N2O2. The molecule has 110 valence electrons. The van der Waals surface area contributed by atoms with Crippen molar-refractivity contribution in [1.82, 2.24) is 10.6 Å². The first kappa shape index (κ1) is 16.6. The van der Waals surface area contributed by atoms with E-state index in [-0.39, 0.29) is 13.1 Å². The van der Waals surface area contributed by atoms with Crippen LogP contribution >= 0.6 is 23.2 Å². The minimum Gasteiger partial charge on any atom is -0.352 e. The molecule has 0 aliphatic heterocycles. The third kappa shape index (κ3) is 4.28. The third-order valence-electron chi connectivity index (χ3n) is 2.19. The second kappa shape index (κ2) is 7.35. The summed E-state index contributed by atoms with van der Waals surface area (Å²) in [5.41, 5.74) is -0.636. The lowest BCUT2D eigenvalue weighted by Crippen LogP contribution is -2.37. The summed E-state index contributed by atoms with van der Waals surface area (Å²) in [6.07, 6.45) is 0. The molecule has 1 aromatic rings. The van der Waals surface area contributed by atoms with Gasteiger partial charge in [0.25, 0.3) is 11.8 Å². The molecule has 1 rings (SSSR count). The van der Waals surface area contributed by atoms with Gasteiger partial charge in [-0.3, -0.25) is 9.59 Å². The lowest BCUT2D eigenvalue weighted by atomic mass is 10.2. The van der Waals surface area contributed by atoms with Crippen LogP contribution < -0.4 is 10.6 Å². The van der Waals surface area contributed by atoms with Crippen molar-refractivity contribution in [3.63, 3.8) is 0 Å². The molecule has 20 heavy (non-hydrogen) atoms. The summed E-state index contributed by atoms with van der Waals surface area (Å²) in [4.78, 5) is 21.2. The van der Waals surface area contributed by atoms with E-state index >= 15 is 0 Å². The lowest BCUT2D eigenvalue weighted by Gasteiger charge is -2.08. The molecule has 0 atom stereocenters. The van der Waals surface area contributed by atoms with Crippen LogP contribution in [0.4, 0.5) is 13.2 Å². The van der Waals surface area contributed by atoms with Crippen LogP contribution in [0.1, 0.15) is 10.4 Å². The number of hydrogen-bond donors (Lipinski definition) is 2. The molecule has 0 fully saturated rings. The molecule has 0 heterocycles. The summed E-state index contributed by atoms with van der Waals surface area (Å²) in [7, 11) is 0. The van der Waals surface area contributed by atoms with Crippen LogP contribution in [-0.2, 0) is 4.79 Å². The number of benzene rings is 1. The molecule has 0 bridgehead atoms. The van der Waals surface area contributed by atoms with E-state index in [1.54, 1.807) is 0 Å². The number of rotatable bonds is 5. The van der Waals surface area contributed by atoms with Crippen molar-refractivity contribution < 1.29 is 22.8 Å². The van der Waals surface area contributed by atoms with E-state index < -0.39 is 39.7 Å². The van der Waals surface area contributed by atoms with E-state index in [0.717, 1.165) is 6.07 Å². The maximum atomic E-state index is 13.3. The fraction of sp³-hybridized carbons (Fsp3) is 0.273. The summed E-state index contributed by atoms with van der Waals surface area (Å²) >= 11 is 10.5. The topological polar surface area (TPSA) is 58.2 Å². The highest BCUT2D eigenvalue weighted by Gasteiger charge is 2.18. The average Bonchev–Trinajstić information content (AvgIpc) is 2.40. The van der Waals surface area contributed by atoms with Gasteiger partial charge in [0, 0.05) is 13.1 Å². The summed E-state index contributed by atoms with van der Waals surface area (Å²) in [5.74, 6) is -6.28.